The van der Waals surface area contributed by atoms with Gasteiger partial charge in [-0.1, -0.05) is 12.1 Å². The van der Waals surface area contributed by atoms with E-state index in [1.54, 1.807) is 18.4 Å². The molecule has 2 rings (SSSR count). The van der Waals surface area contributed by atoms with Gasteiger partial charge in [0.2, 0.25) is 0 Å². The van der Waals surface area contributed by atoms with Gasteiger partial charge in [-0.05, 0) is 31.7 Å². The lowest BCUT2D eigenvalue weighted by atomic mass is 10.2. The number of rotatable bonds is 8. The van der Waals surface area contributed by atoms with Gasteiger partial charge in [0.05, 0.1) is 23.9 Å². The lowest BCUT2D eigenvalue weighted by Gasteiger charge is -2.05. The molecule has 1 aromatic carbocycles. The van der Waals surface area contributed by atoms with Crippen molar-refractivity contribution in [3.05, 3.63) is 45.4 Å². The third-order valence-corrected chi connectivity index (χ3v) is 4.17. The predicted molar refractivity (Wildman–Crippen MR) is 86.0 cm³/mol. The smallest absolute Gasteiger partial charge is 0.119 e. The van der Waals surface area contributed by atoms with Crippen LogP contribution < -0.4 is 10.1 Å². The standard InChI is InChI=1S/C16H22N2O2S/c1-12-5-4-6-13(9-12)20-8-7-16-18-14(11-19-3)15(21-16)10-17-2/h4-6,9,17H,7-8,10-11H2,1-3H3. The molecular weight excluding hydrogens is 284 g/mol. The molecule has 1 N–H and O–H groups in total. The molecule has 4 nitrogen and oxygen atoms in total. The summed E-state index contributed by atoms with van der Waals surface area (Å²) in [6.07, 6.45) is 0.818. The monoisotopic (exact) mass is 306 g/mol. The largest absolute Gasteiger partial charge is 0.493 e. The van der Waals surface area contributed by atoms with Crippen molar-refractivity contribution < 1.29 is 9.47 Å². The van der Waals surface area contributed by atoms with Crippen LogP contribution in [0.4, 0.5) is 0 Å². The summed E-state index contributed by atoms with van der Waals surface area (Å²) >= 11 is 1.73. The zero-order valence-electron chi connectivity index (χ0n) is 12.8. The van der Waals surface area contributed by atoms with E-state index in [1.165, 1.54) is 10.4 Å². The van der Waals surface area contributed by atoms with E-state index in [-0.39, 0.29) is 0 Å². The first-order chi connectivity index (χ1) is 10.2. The van der Waals surface area contributed by atoms with Gasteiger partial charge in [0.1, 0.15) is 5.75 Å². The molecule has 0 aliphatic carbocycles. The van der Waals surface area contributed by atoms with Gasteiger partial charge in [-0.15, -0.1) is 11.3 Å². The molecule has 1 heterocycles. The minimum Gasteiger partial charge on any atom is -0.493 e. The summed E-state index contributed by atoms with van der Waals surface area (Å²) in [5, 5.41) is 4.27. The molecule has 0 unspecified atom stereocenters. The average molecular weight is 306 g/mol. The molecule has 21 heavy (non-hydrogen) atoms. The third-order valence-electron chi connectivity index (χ3n) is 3.02. The first-order valence-electron chi connectivity index (χ1n) is 7.03. The summed E-state index contributed by atoms with van der Waals surface area (Å²) in [4.78, 5) is 5.88. The van der Waals surface area contributed by atoms with Crippen LogP contribution in [-0.2, 0) is 24.3 Å². The summed E-state index contributed by atoms with van der Waals surface area (Å²) in [7, 11) is 3.64. The van der Waals surface area contributed by atoms with Crippen molar-refractivity contribution in [1.82, 2.24) is 10.3 Å². The number of methoxy groups -OCH3 is 1. The lowest BCUT2D eigenvalue weighted by Crippen LogP contribution is -2.06. The van der Waals surface area contributed by atoms with Crippen LogP contribution in [0.25, 0.3) is 0 Å². The number of hydrogen-bond acceptors (Lipinski definition) is 5. The Hall–Kier alpha value is -1.43. The maximum Gasteiger partial charge on any atom is 0.119 e. The highest BCUT2D eigenvalue weighted by atomic mass is 32.1. The van der Waals surface area contributed by atoms with E-state index in [4.69, 9.17) is 9.47 Å². The summed E-state index contributed by atoms with van der Waals surface area (Å²) in [6, 6.07) is 8.10. The molecule has 0 radical (unpaired) electrons. The first kappa shape index (κ1) is 15.9. The fourth-order valence-electron chi connectivity index (χ4n) is 2.05. The Bertz CT molecular complexity index is 546. The highest BCUT2D eigenvalue weighted by molar-refractivity contribution is 7.11. The van der Waals surface area contributed by atoms with Gasteiger partial charge in [-0.25, -0.2) is 4.98 Å². The van der Waals surface area contributed by atoms with Crippen LogP contribution in [0.2, 0.25) is 0 Å². The van der Waals surface area contributed by atoms with E-state index in [9.17, 15) is 0 Å². The van der Waals surface area contributed by atoms with E-state index >= 15 is 0 Å². The van der Waals surface area contributed by atoms with Gasteiger partial charge in [-0.3, -0.25) is 0 Å². The SMILES string of the molecule is CNCc1sc(CCOc2cccc(C)c2)nc1COC. The van der Waals surface area contributed by atoms with E-state index in [0.29, 0.717) is 13.2 Å². The topological polar surface area (TPSA) is 43.4 Å². The Morgan fingerprint density at radius 1 is 1.33 bits per heavy atom. The Labute approximate surface area is 130 Å². The van der Waals surface area contributed by atoms with Crippen LogP contribution >= 0.6 is 11.3 Å². The number of benzene rings is 1. The Kier molecular flexibility index (Phi) is 6.17. The third kappa shape index (κ3) is 4.81. The number of nitrogens with one attached hydrogen (secondary N) is 1. The second kappa shape index (κ2) is 8.12. The molecule has 0 aliphatic rings. The van der Waals surface area contributed by atoms with Gasteiger partial charge in [0.25, 0.3) is 0 Å². The quantitative estimate of drug-likeness (QED) is 0.814. The molecule has 2 aromatic rings. The van der Waals surface area contributed by atoms with Gasteiger partial charge in [0, 0.05) is 25.0 Å². The van der Waals surface area contributed by atoms with Crippen LogP contribution in [0.15, 0.2) is 24.3 Å². The Morgan fingerprint density at radius 3 is 2.90 bits per heavy atom. The van der Waals surface area contributed by atoms with Crippen molar-refractivity contribution in [2.75, 3.05) is 20.8 Å². The molecule has 0 bridgehead atoms. The molecule has 0 fully saturated rings. The summed E-state index contributed by atoms with van der Waals surface area (Å²) in [6.45, 7) is 4.10. The Morgan fingerprint density at radius 2 is 2.19 bits per heavy atom. The van der Waals surface area contributed by atoms with Gasteiger partial charge >= 0.3 is 0 Å². The maximum atomic E-state index is 5.78. The van der Waals surface area contributed by atoms with Crippen molar-refractivity contribution in [2.24, 2.45) is 0 Å². The number of hydrogen-bond donors (Lipinski definition) is 1. The number of thiazole rings is 1. The molecule has 0 spiro atoms. The summed E-state index contributed by atoms with van der Waals surface area (Å²) in [5.74, 6) is 0.916. The van der Waals surface area contributed by atoms with E-state index in [2.05, 4.69) is 23.3 Å². The van der Waals surface area contributed by atoms with Crippen molar-refractivity contribution in [2.45, 2.75) is 26.5 Å². The fraction of sp³-hybridized carbons (Fsp3) is 0.438. The van der Waals surface area contributed by atoms with Gasteiger partial charge < -0.3 is 14.8 Å². The lowest BCUT2D eigenvalue weighted by molar-refractivity contribution is 0.181. The van der Waals surface area contributed by atoms with E-state index < -0.39 is 0 Å². The van der Waals surface area contributed by atoms with Crippen LogP contribution in [0.5, 0.6) is 5.75 Å². The number of ether oxygens (including phenoxy) is 2. The number of aryl methyl sites for hydroxylation is 1. The molecular formula is C16H22N2O2S. The molecule has 0 atom stereocenters. The number of aromatic nitrogens is 1. The molecule has 0 amide bonds. The molecule has 114 valence electrons. The number of nitrogens with zero attached hydrogens (tertiary/aromatic N) is 1. The zero-order chi connectivity index (χ0) is 15.1. The van der Waals surface area contributed by atoms with Crippen molar-refractivity contribution >= 4 is 11.3 Å². The minimum atomic E-state index is 0.562. The maximum absolute atomic E-state index is 5.78. The van der Waals surface area contributed by atoms with E-state index in [1.807, 2.05) is 25.2 Å². The average Bonchev–Trinajstić information content (AvgIpc) is 2.82. The Balaban J connectivity index is 1.92. The second-order valence-electron chi connectivity index (χ2n) is 4.86. The highest BCUT2D eigenvalue weighted by Gasteiger charge is 2.10. The predicted octanol–water partition coefficient (Wildman–Crippen LogP) is 2.94. The molecule has 5 heteroatoms. The van der Waals surface area contributed by atoms with Crippen molar-refractivity contribution in [1.29, 1.82) is 0 Å². The summed E-state index contributed by atoms with van der Waals surface area (Å²) in [5.41, 5.74) is 2.24. The molecule has 1 aromatic heterocycles. The zero-order valence-corrected chi connectivity index (χ0v) is 13.6. The van der Waals surface area contributed by atoms with Crippen LogP contribution in [0.3, 0.4) is 0 Å². The summed E-state index contributed by atoms with van der Waals surface area (Å²) < 4.78 is 11.0. The molecule has 0 saturated heterocycles. The first-order valence-corrected chi connectivity index (χ1v) is 7.85. The minimum absolute atomic E-state index is 0.562. The molecule has 0 aliphatic heterocycles. The van der Waals surface area contributed by atoms with Crippen LogP contribution in [0, 0.1) is 6.92 Å². The highest BCUT2D eigenvalue weighted by Crippen LogP contribution is 2.20. The normalized spacial score (nSPS) is 10.8. The van der Waals surface area contributed by atoms with Crippen LogP contribution in [0.1, 0.15) is 21.1 Å². The second-order valence-corrected chi connectivity index (χ2v) is 6.02. The van der Waals surface area contributed by atoms with Gasteiger partial charge in [-0.2, -0.15) is 0 Å². The van der Waals surface area contributed by atoms with Gasteiger partial charge in [0.15, 0.2) is 0 Å². The van der Waals surface area contributed by atoms with Crippen molar-refractivity contribution in [3.8, 4) is 5.75 Å². The van der Waals surface area contributed by atoms with Crippen LogP contribution in [-0.4, -0.2) is 25.7 Å². The van der Waals surface area contributed by atoms with E-state index in [0.717, 1.165) is 29.4 Å². The molecule has 0 saturated carbocycles. The van der Waals surface area contributed by atoms with Crippen molar-refractivity contribution in [3.63, 3.8) is 0 Å². The fourth-order valence-corrected chi connectivity index (χ4v) is 3.12.